The molecule has 0 spiro atoms. The van der Waals surface area contributed by atoms with Gasteiger partial charge < -0.3 is 4.74 Å². The number of ether oxygens (including phenoxy) is 1. The molecule has 0 saturated carbocycles. The molecule has 0 heterocycles. The zero-order valence-corrected chi connectivity index (χ0v) is 10.7. The maximum absolute atomic E-state index is 11.9. The van der Waals surface area contributed by atoms with Crippen molar-refractivity contribution in [2.45, 2.75) is 12.8 Å². The second-order valence-electron chi connectivity index (χ2n) is 2.99. The highest BCUT2D eigenvalue weighted by molar-refractivity contribution is 6.18. The third-order valence-corrected chi connectivity index (χ3v) is 2.11. The largest absolute Gasteiger partial charge is 0.381 e. The minimum absolute atomic E-state index is 0.178. The zero-order valence-electron chi connectivity index (χ0n) is 9.17. The third kappa shape index (κ3) is 11.8. The summed E-state index contributed by atoms with van der Waals surface area (Å²) in [5, 5.41) is 0. The summed E-state index contributed by atoms with van der Waals surface area (Å²) in [6.45, 7) is 1.53. The Balaban J connectivity index is 0.000000288. The molecule has 92 valence electrons. The van der Waals surface area contributed by atoms with E-state index in [2.05, 4.69) is 0 Å². The molecule has 0 radical (unpaired) electrons. The summed E-state index contributed by atoms with van der Waals surface area (Å²) in [5.74, 6) is 1.18. The van der Waals surface area contributed by atoms with E-state index >= 15 is 0 Å². The average Bonchev–Trinajstić information content (AvgIpc) is 2.31. The van der Waals surface area contributed by atoms with Crippen molar-refractivity contribution in [3.63, 3.8) is 0 Å². The van der Waals surface area contributed by atoms with E-state index < -0.39 is 0 Å². The van der Waals surface area contributed by atoms with Crippen LogP contribution in [0.3, 0.4) is 0 Å². The zero-order chi connectivity index (χ0) is 12.1. The Morgan fingerprint density at radius 1 is 0.938 bits per heavy atom. The van der Waals surface area contributed by atoms with E-state index in [1.807, 2.05) is 0 Å². The molecule has 1 aromatic carbocycles. The second-order valence-corrected chi connectivity index (χ2v) is 3.75. The van der Waals surface area contributed by atoms with Crippen LogP contribution in [0.25, 0.3) is 0 Å². The number of hydrogen-bond donors (Lipinski definition) is 0. The topological polar surface area (TPSA) is 9.23 Å². The Bertz CT molecular complexity index is 226. The van der Waals surface area contributed by atoms with E-state index in [1.165, 1.54) is 12.1 Å². The first-order valence-corrected chi connectivity index (χ1v) is 6.28. The van der Waals surface area contributed by atoms with Crippen LogP contribution in [0.5, 0.6) is 0 Å². The Morgan fingerprint density at radius 3 is 1.75 bits per heavy atom. The van der Waals surface area contributed by atoms with Crippen LogP contribution < -0.4 is 0 Å². The molecule has 0 aliphatic heterocycles. The minimum atomic E-state index is -0.178. The predicted molar refractivity (Wildman–Crippen MR) is 67.9 cm³/mol. The quantitative estimate of drug-likeness (QED) is 0.557. The number of benzene rings is 1. The highest BCUT2D eigenvalue weighted by Crippen LogP contribution is 1.92. The fourth-order valence-corrected chi connectivity index (χ4v) is 1.05. The lowest BCUT2D eigenvalue weighted by Gasteiger charge is -1.98. The molecule has 0 N–H and O–H groups in total. The molecular weight excluding hydrogens is 250 g/mol. The lowest BCUT2D eigenvalue weighted by Crippen LogP contribution is -1.97. The van der Waals surface area contributed by atoms with Crippen LogP contribution in [0.15, 0.2) is 30.3 Å². The highest BCUT2D eigenvalue weighted by Gasteiger charge is 1.85. The molecule has 1 nitrogen and oxygen atoms in total. The molecule has 4 heteroatoms. The van der Waals surface area contributed by atoms with Gasteiger partial charge >= 0.3 is 0 Å². The van der Waals surface area contributed by atoms with Crippen LogP contribution in [-0.2, 0) is 4.74 Å². The fourth-order valence-electron chi connectivity index (χ4n) is 0.830. The number of halogens is 3. The first-order chi connectivity index (χ1) is 7.81. The van der Waals surface area contributed by atoms with Crippen LogP contribution in [0.2, 0.25) is 0 Å². The van der Waals surface area contributed by atoms with Crippen LogP contribution >= 0.6 is 23.2 Å². The molecule has 0 saturated heterocycles. The predicted octanol–water partition coefficient (Wildman–Crippen LogP) is 4.09. The third-order valence-electron chi connectivity index (χ3n) is 1.58. The van der Waals surface area contributed by atoms with Gasteiger partial charge in [0.25, 0.3) is 0 Å². The molecular formula is C12H17Cl2FO. The van der Waals surface area contributed by atoms with Crippen molar-refractivity contribution in [3.05, 3.63) is 36.1 Å². The summed E-state index contributed by atoms with van der Waals surface area (Å²) in [7, 11) is 0. The Hall–Kier alpha value is -0.310. The lowest BCUT2D eigenvalue weighted by atomic mass is 10.4. The normalized spacial score (nSPS) is 9.44. The maximum atomic E-state index is 11.9. The van der Waals surface area contributed by atoms with Crippen LogP contribution in [0.1, 0.15) is 12.8 Å². The highest BCUT2D eigenvalue weighted by atomic mass is 35.5. The Labute approximate surface area is 107 Å². The lowest BCUT2D eigenvalue weighted by molar-refractivity contribution is 0.136. The number of alkyl halides is 2. The van der Waals surface area contributed by atoms with Crippen molar-refractivity contribution in [2.24, 2.45) is 0 Å². The van der Waals surface area contributed by atoms with E-state index in [4.69, 9.17) is 27.9 Å². The van der Waals surface area contributed by atoms with E-state index in [-0.39, 0.29) is 5.82 Å². The SMILES string of the molecule is ClCCCOCCCCl.Fc1ccccc1. The van der Waals surface area contributed by atoms with Gasteiger partial charge in [0.05, 0.1) is 0 Å². The molecule has 1 aromatic rings. The van der Waals surface area contributed by atoms with Gasteiger partial charge in [-0.2, -0.15) is 0 Å². The van der Waals surface area contributed by atoms with E-state index in [1.54, 1.807) is 18.2 Å². The van der Waals surface area contributed by atoms with Gasteiger partial charge in [0.15, 0.2) is 0 Å². The van der Waals surface area contributed by atoms with E-state index in [0.29, 0.717) is 11.8 Å². The van der Waals surface area contributed by atoms with Gasteiger partial charge in [0.1, 0.15) is 5.82 Å². The van der Waals surface area contributed by atoms with Gasteiger partial charge in [-0.15, -0.1) is 23.2 Å². The maximum Gasteiger partial charge on any atom is 0.123 e. The van der Waals surface area contributed by atoms with Gasteiger partial charge in [-0.05, 0) is 25.0 Å². The van der Waals surface area contributed by atoms with Crippen molar-refractivity contribution < 1.29 is 9.13 Å². The summed E-state index contributed by atoms with van der Waals surface area (Å²) in [4.78, 5) is 0. The summed E-state index contributed by atoms with van der Waals surface area (Å²) in [6.07, 6.45) is 1.87. The van der Waals surface area contributed by atoms with Crippen LogP contribution in [-0.4, -0.2) is 25.0 Å². The van der Waals surface area contributed by atoms with Crippen LogP contribution in [0, 0.1) is 5.82 Å². The van der Waals surface area contributed by atoms with Crippen molar-refractivity contribution in [1.29, 1.82) is 0 Å². The molecule has 0 amide bonds. The molecule has 0 aliphatic rings. The van der Waals surface area contributed by atoms with E-state index in [0.717, 1.165) is 26.1 Å². The van der Waals surface area contributed by atoms with Crippen molar-refractivity contribution >= 4 is 23.2 Å². The first-order valence-electron chi connectivity index (χ1n) is 5.21. The van der Waals surface area contributed by atoms with Gasteiger partial charge in [-0.1, -0.05) is 18.2 Å². The molecule has 0 aliphatic carbocycles. The molecule has 0 atom stereocenters. The van der Waals surface area contributed by atoms with Gasteiger partial charge in [-0.25, -0.2) is 4.39 Å². The Kier molecular flexibility index (Phi) is 12.5. The molecule has 0 bridgehead atoms. The van der Waals surface area contributed by atoms with E-state index in [9.17, 15) is 4.39 Å². The fraction of sp³-hybridized carbons (Fsp3) is 0.500. The number of rotatable bonds is 6. The first kappa shape index (κ1) is 15.7. The van der Waals surface area contributed by atoms with Crippen molar-refractivity contribution in [1.82, 2.24) is 0 Å². The average molecular weight is 267 g/mol. The number of hydrogen-bond acceptors (Lipinski definition) is 1. The van der Waals surface area contributed by atoms with Gasteiger partial charge in [-0.3, -0.25) is 0 Å². The van der Waals surface area contributed by atoms with Crippen molar-refractivity contribution in [2.75, 3.05) is 25.0 Å². The summed E-state index contributed by atoms with van der Waals surface area (Å²) < 4.78 is 17.1. The van der Waals surface area contributed by atoms with Crippen molar-refractivity contribution in [3.8, 4) is 0 Å². The van der Waals surface area contributed by atoms with Gasteiger partial charge in [0.2, 0.25) is 0 Å². The van der Waals surface area contributed by atoms with Gasteiger partial charge in [0, 0.05) is 25.0 Å². The molecule has 0 fully saturated rings. The Morgan fingerprint density at radius 2 is 1.44 bits per heavy atom. The molecule has 0 unspecified atom stereocenters. The second kappa shape index (κ2) is 12.8. The monoisotopic (exact) mass is 266 g/mol. The smallest absolute Gasteiger partial charge is 0.123 e. The summed E-state index contributed by atoms with van der Waals surface area (Å²) in [6, 6.07) is 7.94. The standard InChI is InChI=1S/C6H12Cl2O.C6H5F/c7-3-1-5-9-6-2-4-8;7-6-4-2-1-3-5-6/h1-6H2;1-5H. The summed E-state index contributed by atoms with van der Waals surface area (Å²) in [5.41, 5.74) is 0. The molecule has 16 heavy (non-hydrogen) atoms. The molecule has 1 rings (SSSR count). The van der Waals surface area contributed by atoms with Crippen LogP contribution in [0.4, 0.5) is 4.39 Å². The minimum Gasteiger partial charge on any atom is -0.381 e. The molecule has 0 aromatic heterocycles. The summed E-state index contributed by atoms with van der Waals surface area (Å²) >= 11 is 10.8.